The van der Waals surface area contributed by atoms with Crippen molar-refractivity contribution in [2.75, 3.05) is 6.54 Å². The molecule has 1 aliphatic rings. The Labute approximate surface area is 167 Å². The highest BCUT2D eigenvalue weighted by Gasteiger charge is 2.37. The van der Waals surface area contributed by atoms with Crippen LogP contribution >= 0.6 is 0 Å². The van der Waals surface area contributed by atoms with E-state index in [-0.39, 0.29) is 25.2 Å². The molecule has 1 amide bonds. The van der Waals surface area contributed by atoms with Crippen molar-refractivity contribution in [1.82, 2.24) is 14.7 Å². The van der Waals surface area contributed by atoms with Crippen LogP contribution in [0.25, 0.3) is 0 Å². The molecule has 12 heteroatoms. The Kier molecular flexibility index (Phi) is 5.72. The molecule has 30 heavy (non-hydrogen) atoms. The molecule has 0 radical (unpaired) electrons. The molecule has 1 aliphatic heterocycles. The van der Waals surface area contributed by atoms with Gasteiger partial charge in [-0.05, 0) is 36.8 Å². The molecule has 0 saturated heterocycles. The summed E-state index contributed by atoms with van der Waals surface area (Å²) in [6.07, 6.45) is -10.8. The van der Waals surface area contributed by atoms with E-state index < -0.39 is 41.7 Å². The Morgan fingerprint density at radius 1 is 1.10 bits per heavy atom. The third-order valence-electron chi connectivity index (χ3n) is 4.55. The molecule has 0 fully saturated rings. The van der Waals surface area contributed by atoms with E-state index in [0.29, 0.717) is 30.1 Å². The summed E-state index contributed by atoms with van der Waals surface area (Å²) >= 11 is 0. The first-order chi connectivity index (χ1) is 13.8. The average molecular weight is 436 g/mol. The number of amides is 1. The van der Waals surface area contributed by atoms with E-state index in [0.717, 1.165) is 0 Å². The number of rotatable bonds is 3. The summed E-state index contributed by atoms with van der Waals surface area (Å²) in [4.78, 5) is 13.6. The van der Waals surface area contributed by atoms with Crippen molar-refractivity contribution in [1.29, 1.82) is 0 Å². The third kappa shape index (κ3) is 4.86. The fraction of sp³-hybridized carbons (Fsp3) is 0.444. The van der Waals surface area contributed by atoms with E-state index >= 15 is 0 Å². The second kappa shape index (κ2) is 7.82. The van der Waals surface area contributed by atoms with E-state index in [4.69, 9.17) is 10.5 Å². The first kappa shape index (κ1) is 21.9. The Balaban J connectivity index is 1.71. The predicted molar refractivity (Wildman–Crippen MR) is 91.9 cm³/mol. The summed E-state index contributed by atoms with van der Waals surface area (Å²) in [6.45, 7) is 1.74. The fourth-order valence-corrected chi connectivity index (χ4v) is 3.01. The number of hydrogen-bond donors (Lipinski definition) is 1. The zero-order chi connectivity index (χ0) is 22.3. The van der Waals surface area contributed by atoms with Gasteiger partial charge in [0.25, 0.3) is 0 Å². The highest BCUT2D eigenvalue weighted by molar-refractivity contribution is 5.67. The van der Waals surface area contributed by atoms with Gasteiger partial charge in [0.15, 0.2) is 0 Å². The number of benzene rings is 1. The van der Waals surface area contributed by atoms with Crippen LogP contribution in [0.1, 0.15) is 41.0 Å². The molecule has 2 aromatic rings. The van der Waals surface area contributed by atoms with Crippen LogP contribution in [0.3, 0.4) is 0 Å². The normalized spacial score (nSPS) is 15.7. The fourth-order valence-electron chi connectivity index (χ4n) is 3.01. The summed E-state index contributed by atoms with van der Waals surface area (Å²) in [5, 5.41) is 4.30. The Hall–Kier alpha value is -2.76. The number of aromatic nitrogens is 2. The minimum absolute atomic E-state index is 0.0210. The Morgan fingerprint density at radius 3 is 2.23 bits per heavy atom. The molecule has 1 aromatic heterocycles. The molecule has 1 aromatic carbocycles. The lowest BCUT2D eigenvalue weighted by atomic mass is 10.1. The number of halogens is 6. The first-order valence-electron chi connectivity index (χ1n) is 8.87. The van der Waals surface area contributed by atoms with Gasteiger partial charge in [-0.15, -0.1) is 0 Å². The van der Waals surface area contributed by atoms with Crippen LogP contribution < -0.4 is 5.73 Å². The molecular weight excluding hydrogens is 418 g/mol. The number of hydrogen-bond acceptors (Lipinski definition) is 4. The molecule has 1 unspecified atom stereocenters. The van der Waals surface area contributed by atoms with Crippen LogP contribution in [-0.2, 0) is 36.8 Å². The van der Waals surface area contributed by atoms with E-state index in [2.05, 4.69) is 5.10 Å². The zero-order valence-electron chi connectivity index (χ0n) is 15.7. The highest BCUT2D eigenvalue weighted by atomic mass is 19.4. The summed E-state index contributed by atoms with van der Waals surface area (Å²) in [7, 11) is 0. The monoisotopic (exact) mass is 436 g/mol. The number of carbonyl (C=O) groups is 1. The quantitative estimate of drug-likeness (QED) is 0.736. The average Bonchev–Trinajstić information content (AvgIpc) is 3.08. The summed E-state index contributed by atoms with van der Waals surface area (Å²) in [6, 6.07) is 2.51. The lowest BCUT2D eigenvalue weighted by molar-refractivity contribution is -0.143. The maximum atomic E-state index is 12.9. The zero-order valence-corrected chi connectivity index (χ0v) is 15.7. The minimum atomic E-state index is -4.97. The first-order valence-corrected chi connectivity index (χ1v) is 8.87. The lowest BCUT2D eigenvalue weighted by Crippen LogP contribution is -2.38. The van der Waals surface area contributed by atoms with Gasteiger partial charge in [0.1, 0.15) is 6.61 Å². The second-order valence-electron chi connectivity index (χ2n) is 6.96. The van der Waals surface area contributed by atoms with Gasteiger partial charge in [-0.2, -0.15) is 31.4 Å². The molecule has 0 bridgehead atoms. The SMILES string of the molecule is CC(N)c1cc2n(n1)CCN(C(=O)OCc1cc(C(F)(F)F)cc(C(F)(F)F)c1)C2. The standard InChI is InChI=1S/C18H18F6N4O2/c1-10(25)15-7-14-8-27(2-3-28(14)26-15)16(29)30-9-11-4-12(17(19,20)21)6-13(5-11)18(22,23)24/h4-7,10H,2-3,8-9,25H2,1H3. The van der Waals surface area contributed by atoms with Crippen LogP contribution in [0.5, 0.6) is 0 Å². The number of fused-ring (bicyclic) bond motifs is 1. The van der Waals surface area contributed by atoms with Crippen molar-refractivity contribution in [2.24, 2.45) is 5.73 Å². The van der Waals surface area contributed by atoms with Crippen LogP contribution in [0.15, 0.2) is 24.3 Å². The van der Waals surface area contributed by atoms with Crippen LogP contribution in [0, 0.1) is 0 Å². The third-order valence-corrected chi connectivity index (χ3v) is 4.55. The molecule has 0 spiro atoms. The van der Waals surface area contributed by atoms with Crippen molar-refractivity contribution in [3.63, 3.8) is 0 Å². The Morgan fingerprint density at radius 2 is 1.70 bits per heavy atom. The van der Waals surface area contributed by atoms with Gasteiger partial charge in [-0.1, -0.05) is 0 Å². The van der Waals surface area contributed by atoms with Crippen LogP contribution in [-0.4, -0.2) is 27.3 Å². The Bertz CT molecular complexity index is 903. The molecule has 0 aliphatic carbocycles. The number of nitrogens with two attached hydrogens (primary N) is 1. The van der Waals surface area contributed by atoms with E-state index in [1.807, 2.05) is 0 Å². The summed E-state index contributed by atoms with van der Waals surface area (Å²) < 4.78 is 84.2. The van der Waals surface area contributed by atoms with E-state index in [1.54, 1.807) is 17.7 Å². The topological polar surface area (TPSA) is 73.4 Å². The van der Waals surface area contributed by atoms with Crippen molar-refractivity contribution >= 4 is 6.09 Å². The molecule has 1 atom stereocenters. The smallest absolute Gasteiger partial charge is 0.416 e. The van der Waals surface area contributed by atoms with Crippen LogP contribution in [0.2, 0.25) is 0 Å². The number of alkyl halides is 6. The summed E-state index contributed by atoms with van der Waals surface area (Å²) in [5.74, 6) is 0. The van der Waals surface area contributed by atoms with Gasteiger partial charge in [0.05, 0.1) is 35.6 Å². The number of carbonyl (C=O) groups excluding carboxylic acids is 1. The molecule has 2 heterocycles. The van der Waals surface area contributed by atoms with Crippen molar-refractivity contribution in [3.8, 4) is 0 Å². The maximum Gasteiger partial charge on any atom is 0.416 e. The molecule has 164 valence electrons. The number of nitrogens with zero attached hydrogens (tertiary/aromatic N) is 3. The van der Waals surface area contributed by atoms with Crippen molar-refractivity contribution < 1.29 is 35.9 Å². The largest absolute Gasteiger partial charge is 0.445 e. The van der Waals surface area contributed by atoms with Crippen molar-refractivity contribution in [2.45, 2.75) is 45.0 Å². The second-order valence-corrected chi connectivity index (χ2v) is 6.96. The highest BCUT2D eigenvalue weighted by Crippen LogP contribution is 2.36. The predicted octanol–water partition coefficient (Wildman–Crippen LogP) is 4.09. The van der Waals surface area contributed by atoms with Crippen LogP contribution in [0.4, 0.5) is 31.1 Å². The number of ether oxygens (including phenoxy) is 1. The molecule has 0 saturated carbocycles. The molecular formula is C18H18F6N4O2. The van der Waals surface area contributed by atoms with Gasteiger partial charge in [0.2, 0.25) is 0 Å². The molecule has 2 N–H and O–H groups in total. The summed E-state index contributed by atoms with van der Waals surface area (Å²) in [5.41, 5.74) is 3.78. The van der Waals surface area contributed by atoms with E-state index in [9.17, 15) is 31.1 Å². The van der Waals surface area contributed by atoms with Gasteiger partial charge in [-0.25, -0.2) is 4.79 Å². The molecule has 3 rings (SSSR count). The van der Waals surface area contributed by atoms with Gasteiger partial charge in [-0.3, -0.25) is 4.68 Å². The minimum Gasteiger partial charge on any atom is -0.445 e. The molecule has 6 nitrogen and oxygen atoms in total. The lowest BCUT2D eigenvalue weighted by Gasteiger charge is -2.27. The van der Waals surface area contributed by atoms with Gasteiger partial charge >= 0.3 is 18.4 Å². The van der Waals surface area contributed by atoms with E-state index in [1.165, 1.54) is 4.90 Å². The van der Waals surface area contributed by atoms with Gasteiger partial charge in [0, 0.05) is 12.6 Å². The maximum absolute atomic E-state index is 12.9. The van der Waals surface area contributed by atoms with Gasteiger partial charge < -0.3 is 15.4 Å². The van der Waals surface area contributed by atoms with Crippen molar-refractivity contribution in [3.05, 3.63) is 52.3 Å².